The Hall–Kier alpha value is -3.81. The van der Waals surface area contributed by atoms with Gasteiger partial charge in [0.2, 0.25) is 5.89 Å². The SMILES string of the molecule is COc1cc(CCCC2NC(=O)OC2=O)ccc1OCc1nc(-c2ccccc2)oc1C. The van der Waals surface area contributed by atoms with Gasteiger partial charge < -0.3 is 23.9 Å². The molecule has 32 heavy (non-hydrogen) atoms. The molecule has 1 unspecified atom stereocenters. The minimum absolute atomic E-state index is 0.251. The molecule has 1 amide bonds. The summed E-state index contributed by atoms with van der Waals surface area (Å²) >= 11 is 0. The van der Waals surface area contributed by atoms with E-state index >= 15 is 0 Å². The fourth-order valence-electron chi connectivity index (χ4n) is 3.49. The van der Waals surface area contributed by atoms with Gasteiger partial charge in [-0.3, -0.25) is 0 Å². The number of nitrogens with one attached hydrogen (secondary N) is 1. The van der Waals surface area contributed by atoms with Crippen molar-refractivity contribution in [3.63, 3.8) is 0 Å². The highest BCUT2D eigenvalue weighted by Crippen LogP contribution is 2.30. The second-order valence-electron chi connectivity index (χ2n) is 7.46. The average molecular weight is 436 g/mol. The predicted octanol–water partition coefficient (Wildman–Crippen LogP) is 4.20. The molecule has 1 N–H and O–H groups in total. The standard InChI is InChI=1S/C24H24N2O6/c1-15-19(25-22(31-15)17-8-4-3-5-9-17)14-30-20-12-11-16(13-21(20)29-2)7-6-10-18-23(27)32-24(28)26-18/h3-5,8-9,11-13,18H,6-7,10,14H2,1-2H3,(H,26,28). The highest BCUT2D eigenvalue weighted by Gasteiger charge is 2.31. The second-order valence-corrected chi connectivity index (χ2v) is 7.46. The van der Waals surface area contributed by atoms with Gasteiger partial charge in [-0.25, -0.2) is 14.6 Å². The van der Waals surface area contributed by atoms with Crippen LogP contribution in [-0.4, -0.2) is 30.2 Å². The van der Waals surface area contributed by atoms with Crippen LogP contribution in [0.25, 0.3) is 11.5 Å². The van der Waals surface area contributed by atoms with E-state index in [1.165, 1.54) is 0 Å². The zero-order valence-corrected chi connectivity index (χ0v) is 17.9. The normalized spacial score (nSPS) is 15.4. The van der Waals surface area contributed by atoms with Crippen LogP contribution in [0.5, 0.6) is 11.5 Å². The third-order valence-corrected chi connectivity index (χ3v) is 5.23. The minimum Gasteiger partial charge on any atom is -0.493 e. The van der Waals surface area contributed by atoms with Crippen molar-refractivity contribution in [1.82, 2.24) is 10.3 Å². The molecule has 0 radical (unpaired) electrons. The van der Waals surface area contributed by atoms with Crippen molar-refractivity contribution in [2.75, 3.05) is 7.11 Å². The van der Waals surface area contributed by atoms with Gasteiger partial charge in [0.1, 0.15) is 24.1 Å². The Morgan fingerprint density at radius 2 is 1.91 bits per heavy atom. The average Bonchev–Trinajstić information content (AvgIpc) is 3.33. The summed E-state index contributed by atoms with van der Waals surface area (Å²) in [6.07, 6.45) is 1.27. The third-order valence-electron chi connectivity index (χ3n) is 5.23. The van der Waals surface area contributed by atoms with Crippen molar-refractivity contribution >= 4 is 12.1 Å². The van der Waals surface area contributed by atoms with E-state index in [2.05, 4.69) is 15.0 Å². The fourth-order valence-corrected chi connectivity index (χ4v) is 3.49. The highest BCUT2D eigenvalue weighted by atomic mass is 16.6. The van der Waals surface area contributed by atoms with E-state index < -0.39 is 18.1 Å². The molecule has 8 heteroatoms. The van der Waals surface area contributed by atoms with E-state index in [-0.39, 0.29) is 6.61 Å². The monoisotopic (exact) mass is 436 g/mol. The lowest BCUT2D eigenvalue weighted by Gasteiger charge is -2.12. The number of amides is 1. The van der Waals surface area contributed by atoms with Crippen LogP contribution in [0.2, 0.25) is 0 Å². The molecule has 1 aliphatic heterocycles. The first-order chi connectivity index (χ1) is 15.5. The van der Waals surface area contributed by atoms with Gasteiger partial charge in [0.25, 0.3) is 0 Å². The fraction of sp³-hybridized carbons (Fsp3) is 0.292. The maximum atomic E-state index is 11.5. The number of alkyl carbamates (subject to hydrolysis) is 1. The van der Waals surface area contributed by atoms with Gasteiger partial charge in [-0.15, -0.1) is 0 Å². The number of hydrogen-bond acceptors (Lipinski definition) is 7. The molecular weight excluding hydrogens is 412 g/mol. The van der Waals surface area contributed by atoms with Gasteiger partial charge in [-0.05, 0) is 56.0 Å². The summed E-state index contributed by atoms with van der Waals surface area (Å²) in [5.41, 5.74) is 2.67. The number of hydrogen-bond donors (Lipinski definition) is 1. The lowest BCUT2D eigenvalue weighted by atomic mass is 10.0. The number of aryl methyl sites for hydroxylation is 2. The van der Waals surface area contributed by atoms with Gasteiger partial charge in [0, 0.05) is 5.56 Å². The molecule has 0 aliphatic carbocycles. The van der Waals surface area contributed by atoms with Gasteiger partial charge in [0.15, 0.2) is 11.5 Å². The van der Waals surface area contributed by atoms with Crippen LogP contribution in [-0.2, 0) is 22.6 Å². The largest absolute Gasteiger partial charge is 0.493 e. The van der Waals surface area contributed by atoms with Crippen molar-refractivity contribution in [3.05, 3.63) is 65.5 Å². The maximum absolute atomic E-state index is 11.5. The summed E-state index contributed by atoms with van der Waals surface area (Å²) in [6, 6.07) is 14.9. The molecule has 1 aromatic heterocycles. The quantitative estimate of drug-likeness (QED) is 0.396. The van der Waals surface area contributed by atoms with Crippen LogP contribution in [0.1, 0.15) is 29.9 Å². The molecule has 1 saturated heterocycles. The zero-order chi connectivity index (χ0) is 22.5. The van der Waals surface area contributed by atoms with Gasteiger partial charge in [-0.1, -0.05) is 24.3 Å². The number of nitrogens with zero attached hydrogens (tertiary/aromatic N) is 1. The van der Waals surface area contributed by atoms with Crippen LogP contribution in [0.4, 0.5) is 4.79 Å². The number of esters is 1. The molecular formula is C24H24N2O6. The second kappa shape index (κ2) is 9.55. The molecule has 3 aromatic rings. The third kappa shape index (κ3) is 4.91. The maximum Gasteiger partial charge on any atom is 0.415 e. The molecule has 2 aromatic carbocycles. The Bertz CT molecular complexity index is 1110. The summed E-state index contributed by atoms with van der Waals surface area (Å²) in [6.45, 7) is 2.11. The number of rotatable bonds is 9. The molecule has 0 saturated carbocycles. The summed E-state index contributed by atoms with van der Waals surface area (Å²) in [4.78, 5) is 27.2. The van der Waals surface area contributed by atoms with Crippen molar-refractivity contribution in [2.24, 2.45) is 0 Å². The molecule has 1 atom stereocenters. The van der Waals surface area contributed by atoms with Crippen LogP contribution in [0.3, 0.4) is 0 Å². The van der Waals surface area contributed by atoms with E-state index in [1.54, 1.807) is 7.11 Å². The van der Waals surface area contributed by atoms with Crippen molar-refractivity contribution < 1.29 is 28.2 Å². The minimum atomic E-state index is -0.679. The summed E-state index contributed by atoms with van der Waals surface area (Å²) < 4.78 is 21.7. The summed E-state index contributed by atoms with van der Waals surface area (Å²) in [5.74, 6) is 1.96. The van der Waals surface area contributed by atoms with Gasteiger partial charge in [0.05, 0.1) is 7.11 Å². The molecule has 1 aliphatic rings. The first-order valence-corrected chi connectivity index (χ1v) is 10.4. The number of oxazole rings is 1. The molecule has 1 fully saturated rings. The van der Waals surface area contributed by atoms with Crippen LogP contribution in [0.15, 0.2) is 52.9 Å². The Balaban J connectivity index is 1.36. The van der Waals surface area contributed by atoms with Crippen molar-refractivity contribution in [3.8, 4) is 23.0 Å². The lowest BCUT2D eigenvalue weighted by molar-refractivity contribution is -0.135. The zero-order valence-electron chi connectivity index (χ0n) is 17.9. The van der Waals surface area contributed by atoms with Gasteiger partial charge in [-0.2, -0.15) is 0 Å². The molecule has 4 rings (SSSR count). The molecule has 166 valence electrons. The molecule has 8 nitrogen and oxygen atoms in total. The van der Waals surface area contributed by atoms with Crippen LogP contribution in [0, 0.1) is 6.92 Å². The smallest absolute Gasteiger partial charge is 0.415 e. The van der Waals surface area contributed by atoms with E-state index in [0.29, 0.717) is 36.0 Å². The lowest BCUT2D eigenvalue weighted by Crippen LogP contribution is -2.28. The van der Waals surface area contributed by atoms with E-state index in [0.717, 1.165) is 23.2 Å². The number of ether oxygens (including phenoxy) is 3. The first kappa shape index (κ1) is 21.4. The number of cyclic esters (lactones) is 2. The van der Waals surface area contributed by atoms with E-state index in [4.69, 9.17) is 13.9 Å². The highest BCUT2D eigenvalue weighted by molar-refractivity contribution is 5.95. The molecule has 0 spiro atoms. The Kier molecular flexibility index (Phi) is 6.39. The van der Waals surface area contributed by atoms with Crippen LogP contribution < -0.4 is 14.8 Å². The first-order valence-electron chi connectivity index (χ1n) is 10.4. The number of benzene rings is 2. The van der Waals surface area contributed by atoms with E-state index in [1.807, 2.05) is 55.5 Å². The topological polar surface area (TPSA) is 99.9 Å². The Labute approximate surface area is 185 Å². The van der Waals surface area contributed by atoms with Gasteiger partial charge >= 0.3 is 12.1 Å². The Morgan fingerprint density at radius 3 is 2.62 bits per heavy atom. The van der Waals surface area contributed by atoms with Crippen molar-refractivity contribution in [1.29, 1.82) is 0 Å². The number of aromatic nitrogens is 1. The number of methoxy groups -OCH3 is 1. The van der Waals surface area contributed by atoms with Crippen LogP contribution >= 0.6 is 0 Å². The molecule has 2 heterocycles. The van der Waals surface area contributed by atoms with Crippen molar-refractivity contribution in [2.45, 2.75) is 38.8 Å². The summed E-state index contributed by atoms with van der Waals surface area (Å²) in [5, 5.41) is 2.50. The number of carbonyl (C=O) groups is 2. The number of carbonyl (C=O) groups excluding carboxylic acids is 2. The summed E-state index contributed by atoms with van der Waals surface area (Å²) in [7, 11) is 1.59. The van der Waals surface area contributed by atoms with E-state index in [9.17, 15) is 9.59 Å². The predicted molar refractivity (Wildman–Crippen MR) is 115 cm³/mol. The molecule has 0 bridgehead atoms. The Morgan fingerprint density at radius 1 is 1.09 bits per heavy atom.